The Bertz CT molecular complexity index is 95.4. The first-order valence-electron chi connectivity index (χ1n) is 4.25. The lowest BCUT2D eigenvalue weighted by Gasteiger charge is -2.20. The number of quaternary nitrogens is 1. The van der Waals surface area contributed by atoms with Crippen LogP contribution in [0.3, 0.4) is 0 Å². The molecule has 1 atom stereocenters. The summed E-state index contributed by atoms with van der Waals surface area (Å²) in [6.45, 7) is 6.11. The molecule has 60 valence electrons. The molecule has 0 bridgehead atoms. The minimum atomic E-state index is 0.604. The van der Waals surface area contributed by atoms with Crippen LogP contribution in [0.2, 0.25) is 0 Å². The maximum absolute atomic E-state index is 3.41. The van der Waals surface area contributed by atoms with Gasteiger partial charge in [-0.2, -0.15) is 0 Å². The van der Waals surface area contributed by atoms with Gasteiger partial charge in [-0.05, 0) is 18.4 Å². The lowest BCUT2D eigenvalue weighted by Crippen LogP contribution is -2.80. The minimum Gasteiger partial charge on any atom is -0.349 e. The molecular weight excluding hydrogens is 124 g/mol. The van der Waals surface area contributed by atoms with E-state index in [9.17, 15) is 0 Å². The maximum atomic E-state index is 3.41. The lowest BCUT2D eigenvalue weighted by atomic mass is 9.86. The predicted octanol–water partition coefficient (Wildman–Crippen LogP) is -0.431. The van der Waals surface area contributed by atoms with E-state index in [1.54, 1.807) is 0 Å². The van der Waals surface area contributed by atoms with E-state index in [2.05, 4.69) is 24.6 Å². The molecule has 3 N–H and O–H groups in total. The van der Waals surface area contributed by atoms with Gasteiger partial charge in [0.15, 0.2) is 0 Å². The van der Waals surface area contributed by atoms with Crippen molar-refractivity contribution in [1.29, 1.82) is 0 Å². The third-order valence-corrected chi connectivity index (χ3v) is 2.49. The van der Waals surface area contributed by atoms with E-state index in [0.717, 1.165) is 0 Å². The molecule has 0 radical (unpaired) electrons. The van der Waals surface area contributed by atoms with Gasteiger partial charge >= 0.3 is 0 Å². The summed E-state index contributed by atoms with van der Waals surface area (Å²) in [5.74, 6) is 0. The summed E-state index contributed by atoms with van der Waals surface area (Å²) < 4.78 is 0. The zero-order valence-electron chi connectivity index (χ0n) is 7.11. The zero-order chi connectivity index (χ0) is 7.45. The second-order valence-electron chi connectivity index (χ2n) is 3.68. The summed E-state index contributed by atoms with van der Waals surface area (Å²) in [5, 5.41) is 5.68. The second-order valence-corrected chi connectivity index (χ2v) is 3.68. The van der Waals surface area contributed by atoms with Gasteiger partial charge in [0.2, 0.25) is 0 Å². The van der Waals surface area contributed by atoms with Crippen LogP contribution in [0.5, 0.6) is 0 Å². The standard InChI is InChI=1S/C8H18N2/c1-8(3-5-9-2)4-6-10-7-8/h9-10H,3-7H2,1-2H3/p+1. The van der Waals surface area contributed by atoms with Crippen molar-refractivity contribution < 1.29 is 5.32 Å². The van der Waals surface area contributed by atoms with Gasteiger partial charge in [0.05, 0.1) is 13.6 Å². The van der Waals surface area contributed by atoms with E-state index in [1.165, 1.54) is 32.5 Å². The SMILES string of the molecule is C[NH2+]CCC1(C)CCNC1. The van der Waals surface area contributed by atoms with Crippen molar-refractivity contribution >= 4 is 0 Å². The Balaban J connectivity index is 2.22. The van der Waals surface area contributed by atoms with Crippen LogP contribution in [0.25, 0.3) is 0 Å². The molecule has 0 aromatic rings. The Labute approximate surface area is 63.4 Å². The summed E-state index contributed by atoms with van der Waals surface area (Å²) in [4.78, 5) is 0. The Kier molecular flexibility index (Phi) is 2.69. The highest BCUT2D eigenvalue weighted by Gasteiger charge is 2.27. The summed E-state index contributed by atoms with van der Waals surface area (Å²) in [6, 6.07) is 0. The Morgan fingerprint density at radius 2 is 2.40 bits per heavy atom. The van der Waals surface area contributed by atoms with Crippen molar-refractivity contribution in [2.45, 2.75) is 19.8 Å². The van der Waals surface area contributed by atoms with Crippen molar-refractivity contribution in [3.63, 3.8) is 0 Å². The third-order valence-electron chi connectivity index (χ3n) is 2.49. The lowest BCUT2D eigenvalue weighted by molar-refractivity contribution is -0.628. The van der Waals surface area contributed by atoms with Crippen molar-refractivity contribution in [1.82, 2.24) is 5.32 Å². The maximum Gasteiger partial charge on any atom is 0.0759 e. The van der Waals surface area contributed by atoms with Gasteiger partial charge in [0, 0.05) is 13.0 Å². The minimum absolute atomic E-state index is 0.604. The largest absolute Gasteiger partial charge is 0.349 e. The summed E-state index contributed by atoms with van der Waals surface area (Å²) >= 11 is 0. The molecule has 0 saturated carbocycles. The van der Waals surface area contributed by atoms with E-state index in [-0.39, 0.29) is 0 Å². The number of hydrogen-bond donors (Lipinski definition) is 2. The number of nitrogens with one attached hydrogen (secondary N) is 1. The summed E-state index contributed by atoms with van der Waals surface area (Å²) in [7, 11) is 2.14. The van der Waals surface area contributed by atoms with Crippen molar-refractivity contribution in [3.05, 3.63) is 0 Å². The number of rotatable bonds is 3. The van der Waals surface area contributed by atoms with E-state index in [1.807, 2.05) is 0 Å². The quantitative estimate of drug-likeness (QED) is 0.551. The van der Waals surface area contributed by atoms with Crippen molar-refractivity contribution in [3.8, 4) is 0 Å². The normalized spacial score (nSPS) is 33.0. The fourth-order valence-electron chi connectivity index (χ4n) is 1.57. The van der Waals surface area contributed by atoms with Crippen LogP contribution in [0.1, 0.15) is 19.8 Å². The fraction of sp³-hybridized carbons (Fsp3) is 1.00. The Morgan fingerprint density at radius 3 is 2.90 bits per heavy atom. The van der Waals surface area contributed by atoms with Crippen LogP contribution in [0, 0.1) is 5.41 Å². The topological polar surface area (TPSA) is 28.6 Å². The molecule has 1 rings (SSSR count). The monoisotopic (exact) mass is 143 g/mol. The first-order chi connectivity index (χ1) is 4.77. The number of hydrogen-bond acceptors (Lipinski definition) is 1. The molecule has 2 heteroatoms. The Morgan fingerprint density at radius 1 is 1.60 bits per heavy atom. The highest BCUT2D eigenvalue weighted by Crippen LogP contribution is 2.27. The van der Waals surface area contributed by atoms with Crippen molar-refractivity contribution in [2.75, 3.05) is 26.7 Å². The van der Waals surface area contributed by atoms with E-state index >= 15 is 0 Å². The molecule has 0 amide bonds. The summed E-state index contributed by atoms with van der Waals surface area (Å²) in [5.41, 5.74) is 0.604. The molecule has 1 fully saturated rings. The molecule has 0 spiro atoms. The molecule has 2 nitrogen and oxygen atoms in total. The average molecular weight is 143 g/mol. The van der Waals surface area contributed by atoms with Crippen LogP contribution in [-0.2, 0) is 0 Å². The van der Waals surface area contributed by atoms with Gasteiger partial charge in [0.1, 0.15) is 0 Å². The Hall–Kier alpha value is -0.0800. The predicted molar refractivity (Wildman–Crippen MR) is 42.9 cm³/mol. The van der Waals surface area contributed by atoms with Gasteiger partial charge < -0.3 is 10.6 Å². The molecular formula is C8H19N2+. The summed E-state index contributed by atoms with van der Waals surface area (Å²) in [6.07, 6.45) is 2.72. The zero-order valence-corrected chi connectivity index (χ0v) is 7.11. The first kappa shape index (κ1) is 8.02. The van der Waals surface area contributed by atoms with Gasteiger partial charge in [-0.3, -0.25) is 0 Å². The van der Waals surface area contributed by atoms with Gasteiger partial charge in [-0.15, -0.1) is 0 Å². The van der Waals surface area contributed by atoms with Crippen LogP contribution in [-0.4, -0.2) is 26.7 Å². The molecule has 10 heavy (non-hydrogen) atoms. The molecule has 1 heterocycles. The fourth-order valence-corrected chi connectivity index (χ4v) is 1.57. The third kappa shape index (κ3) is 1.96. The molecule has 1 aliphatic heterocycles. The smallest absolute Gasteiger partial charge is 0.0759 e. The highest BCUT2D eigenvalue weighted by molar-refractivity contribution is 4.82. The number of nitrogens with two attached hydrogens (primary N) is 1. The average Bonchev–Trinajstić information content (AvgIpc) is 2.33. The molecule has 1 aliphatic rings. The van der Waals surface area contributed by atoms with Gasteiger partial charge in [-0.25, -0.2) is 0 Å². The van der Waals surface area contributed by atoms with Crippen LogP contribution in [0.4, 0.5) is 0 Å². The van der Waals surface area contributed by atoms with Gasteiger partial charge in [0.25, 0.3) is 0 Å². The van der Waals surface area contributed by atoms with Crippen LogP contribution >= 0.6 is 0 Å². The van der Waals surface area contributed by atoms with Gasteiger partial charge in [-0.1, -0.05) is 6.92 Å². The molecule has 0 aromatic carbocycles. The van der Waals surface area contributed by atoms with E-state index in [4.69, 9.17) is 0 Å². The van der Waals surface area contributed by atoms with E-state index < -0.39 is 0 Å². The molecule has 0 aliphatic carbocycles. The second kappa shape index (κ2) is 3.35. The van der Waals surface area contributed by atoms with Crippen LogP contribution in [0.15, 0.2) is 0 Å². The van der Waals surface area contributed by atoms with Crippen LogP contribution < -0.4 is 10.6 Å². The van der Waals surface area contributed by atoms with E-state index in [0.29, 0.717) is 5.41 Å². The highest BCUT2D eigenvalue weighted by atomic mass is 14.9. The molecule has 0 aromatic heterocycles. The molecule has 1 saturated heterocycles. The molecule has 1 unspecified atom stereocenters. The first-order valence-corrected chi connectivity index (χ1v) is 4.25. The van der Waals surface area contributed by atoms with Crippen molar-refractivity contribution in [2.24, 2.45) is 5.41 Å².